The highest BCUT2D eigenvalue weighted by atomic mass is 31.2. The van der Waals surface area contributed by atoms with Gasteiger partial charge in [-0.25, -0.2) is 4.57 Å². The molecule has 3 rings (SSSR count). The van der Waals surface area contributed by atoms with Crippen LogP contribution in [0.15, 0.2) is 12.2 Å². The monoisotopic (exact) mass is 1740 g/mol. The van der Waals surface area contributed by atoms with Crippen LogP contribution < -0.4 is 0 Å². The number of aliphatic hydroxyl groups is 9. The van der Waals surface area contributed by atoms with Crippen LogP contribution in [0.2, 0.25) is 0 Å². The normalized spacial score (nSPS) is 24.7. The molecule has 2 aliphatic heterocycles. The first-order valence-electron chi connectivity index (χ1n) is 48.9. The Kier molecular flexibility index (Phi) is 67.9. The molecule has 0 aromatic carbocycles. The predicted octanol–water partition coefficient (Wildman–Crippen LogP) is 18.7. The van der Waals surface area contributed by atoms with E-state index < -0.39 is 162 Å². The maximum Gasteiger partial charge on any atom is 0.472 e. The van der Waals surface area contributed by atoms with Gasteiger partial charge < -0.3 is 88.7 Å². The first-order chi connectivity index (χ1) is 58.2. The van der Waals surface area contributed by atoms with Crippen molar-refractivity contribution in [3.8, 4) is 0 Å². The minimum Gasteiger partial charge on any atom is -0.463 e. The molecule has 2 heterocycles. The molecule has 26 heteroatoms. The number of carbonyl (C=O) groups excluding carboxylic acids is 4. The first-order valence-corrected chi connectivity index (χ1v) is 50.4. The molecule has 0 aromatic heterocycles. The van der Waals surface area contributed by atoms with Crippen molar-refractivity contribution in [1.29, 1.82) is 0 Å². The van der Waals surface area contributed by atoms with Crippen LogP contribution in [0, 0.1) is 0 Å². The highest BCUT2D eigenvalue weighted by molar-refractivity contribution is 7.47. The average molecular weight is 1740 g/mol. The van der Waals surface area contributed by atoms with Crippen molar-refractivity contribution in [2.75, 3.05) is 26.4 Å². The van der Waals surface area contributed by atoms with E-state index in [1.54, 1.807) is 0 Å². The van der Waals surface area contributed by atoms with Crippen LogP contribution in [-0.2, 0) is 70.7 Å². The number of hydrogen-bond donors (Lipinski definition) is 10. The van der Waals surface area contributed by atoms with E-state index in [1.165, 1.54) is 218 Å². The minimum absolute atomic E-state index is 0.0176. The van der Waals surface area contributed by atoms with Crippen LogP contribution in [0.4, 0.5) is 0 Å². The van der Waals surface area contributed by atoms with Gasteiger partial charge in [0.2, 0.25) is 0 Å². The summed E-state index contributed by atoms with van der Waals surface area (Å²) in [5.74, 6) is -2.96. The van der Waals surface area contributed by atoms with Gasteiger partial charge in [-0.3, -0.25) is 28.2 Å². The number of esters is 4. The third-order valence-electron chi connectivity index (χ3n) is 24.0. The molecule has 0 bridgehead atoms. The molecule has 0 radical (unpaired) electrons. The second kappa shape index (κ2) is 73.2. The lowest BCUT2D eigenvalue weighted by Crippen LogP contribution is -2.70. The van der Waals surface area contributed by atoms with E-state index in [1.807, 2.05) is 0 Å². The molecule has 18 atom stereocenters. The molecule has 10 N–H and O–H groups in total. The van der Waals surface area contributed by atoms with Crippen molar-refractivity contribution >= 4 is 31.7 Å². The molecule has 0 spiro atoms. The van der Waals surface area contributed by atoms with Crippen molar-refractivity contribution in [3.05, 3.63) is 12.2 Å². The third kappa shape index (κ3) is 52.5. The number of hydrogen-bond acceptors (Lipinski definition) is 24. The van der Waals surface area contributed by atoms with E-state index in [4.69, 9.17) is 46.9 Å². The van der Waals surface area contributed by atoms with Gasteiger partial charge in [0.25, 0.3) is 0 Å². The highest BCUT2D eigenvalue weighted by Crippen LogP contribution is 2.49. The van der Waals surface area contributed by atoms with E-state index in [2.05, 4.69) is 39.8 Å². The predicted molar refractivity (Wildman–Crippen MR) is 467 cm³/mol. The lowest BCUT2D eigenvalue weighted by atomic mass is 9.84. The van der Waals surface area contributed by atoms with Gasteiger partial charge in [-0.2, -0.15) is 0 Å². The zero-order valence-corrected chi connectivity index (χ0v) is 76.3. The van der Waals surface area contributed by atoms with Crippen molar-refractivity contribution in [1.82, 2.24) is 0 Å². The maximum atomic E-state index is 14.9. The van der Waals surface area contributed by atoms with Crippen LogP contribution in [-0.4, -0.2) is 205 Å². The number of phosphoric acid groups is 1. The van der Waals surface area contributed by atoms with Gasteiger partial charge in [-0.1, -0.05) is 367 Å². The molecule has 0 amide bonds. The van der Waals surface area contributed by atoms with Crippen LogP contribution in [0.1, 0.15) is 432 Å². The van der Waals surface area contributed by atoms with E-state index in [0.717, 1.165) is 122 Å². The van der Waals surface area contributed by atoms with E-state index in [0.29, 0.717) is 32.1 Å². The van der Waals surface area contributed by atoms with Crippen LogP contribution in [0.3, 0.4) is 0 Å². The van der Waals surface area contributed by atoms with Gasteiger partial charge in [0.15, 0.2) is 24.8 Å². The number of ether oxygens (including phenoxy) is 8. The molecular formula is C94H175O25P. The Hall–Kier alpha value is -2.79. The summed E-state index contributed by atoms with van der Waals surface area (Å²) in [7, 11) is -5.81. The van der Waals surface area contributed by atoms with Crippen LogP contribution in [0.5, 0.6) is 0 Å². The van der Waals surface area contributed by atoms with Crippen molar-refractivity contribution in [2.45, 2.75) is 536 Å². The molecule has 120 heavy (non-hydrogen) atoms. The standard InChI is InChI=1S/C94H175O25P/c1-5-9-13-17-21-25-29-33-36-39-43-46-50-54-58-62-66-77(96)110-71-74(113-79(98)68-64-60-56-52-49-45-41-38-35-31-27-23-19-15-11-7-3)72-112-120(108,109)119-92-90(117-93-87(106)83(102)81(100)75(70-95)114-93)86(105)85(104)89(116-80(99)69-65-61-57-53-48-42-32-28-24-20-16-12-8-4)91(92)118-94-88(107)84(103)82(101)76(115-94)73-111-78(97)67-63-59-55-51-47-44-40-37-34-30-26-22-18-14-10-6-2/h42,48,74-76,81-95,100-107H,5-41,43-47,49-73H2,1-4H3,(H,108,109)/b48-42-. The van der Waals surface area contributed by atoms with Crippen LogP contribution in [0.25, 0.3) is 0 Å². The molecule has 18 unspecified atom stereocenters. The summed E-state index contributed by atoms with van der Waals surface area (Å²) < 4.78 is 73.5. The van der Waals surface area contributed by atoms with E-state index in [-0.39, 0.29) is 32.1 Å². The number of rotatable bonds is 80. The van der Waals surface area contributed by atoms with Crippen molar-refractivity contribution in [2.24, 2.45) is 0 Å². The molecule has 25 nitrogen and oxygen atoms in total. The average Bonchev–Trinajstić information content (AvgIpc) is 0.785. The molecule has 2 saturated heterocycles. The summed E-state index contributed by atoms with van der Waals surface area (Å²) in [6, 6.07) is 0. The number of aliphatic hydroxyl groups excluding tert-OH is 9. The van der Waals surface area contributed by atoms with Gasteiger partial charge >= 0.3 is 31.7 Å². The Balaban J connectivity index is 1.89. The zero-order valence-electron chi connectivity index (χ0n) is 75.4. The molecule has 1 saturated carbocycles. The fraction of sp³-hybridized carbons (Fsp3) is 0.936. The molecule has 0 aromatic rings. The molecule has 3 fully saturated rings. The first kappa shape index (κ1) is 111. The lowest BCUT2D eigenvalue weighted by Gasteiger charge is -2.50. The maximum absolute atomic E-state index is 14.9. The number of allylic oxidation sites excluding steroid dienone is 2. The highest BCUT2D eigenvalue weighted by Gasteiger charge is 2.60. The Labute approximate surface area is 724 Å². The van der Waals surface area contributed by atoms with Gasteiger partial charge in [-0.05, 0) is 51.4 Å². The molecule has 706 valence electrons. The van der Waals surface area contributed by atoms with Crippen LogP contribution >= 0.6 is 7.82 Å². The number of phosphoric ester groups is 1. The second-order valence-electron chi connectivity index (χ2n) is 34.9. The summed E-state index contributed by atoms with van der Waals surface area (Å²) in [4.78, 5) is 66.6. The van der Waals surface area contributed by atoms with Gasteiger partial charge in [0.1, 0.15) is 92.6 Å². The summed E-state index contributed by atoms with van der Waals surface area (Å²) in [6.45, 7) is 5.63. The summed E-state index contributed by atoms with van der Waals surface area (Å²) in [5, 5.41) is 102. The summed E-state index contributed by atoms with van der Waals surface area (Å²) in [6.07, 6.45) is 33.3. The van der Waals surface area contributed by atoms with Gasteiger partial charge in [-0.15, -0.1) is 0 Å². The Morgan fingerprint density at radius 3 is 1.00 bits per heavy atom. The third-order valence-corrected chi connectivity index (χ3v) is 25.0. The molecule has 1 aliphatic carbocycles. The second-order valence-corrected chi connectivity index (χ2v) is 36.4. The quantitative estimate of drug-likeness (QED) is 0.00889. The van der Waals surface area contributed by atoms with E-state index in [9.17, 15) is 74.6 Å². The summed E-state index contributed by atoms with van der Waals surface area (Å²) in [5.41, 5.74) is 0. The number of carbonyl (C=O) groups is 4. The topological polar surface area (TPSA) is 380 Å². The fourth-order valence-electron chi connectivity index (χ4n) is 16.3. The van der Waals surface area contributed by atoms with Gasteiger partial charge in [0, 0.05) is 25.7 Å². The lowest BCUT2D eigenvalue weighted by molar-refractivity contribution is -0.360. The summed E-state index contributed by atoms with van der Waals surface area (Å²) >= 11 is 0. The smallest absolute Gasteiger partial charge is 0.463 e. The van der Waals surface area contributed by atoms with E-state index >= 15 is 0 Å². The Bertz CT molecular complexity index is 2530. The molecular weight excluding hydrogens is 1560 g/mol. The SMILES string of the molecule is CCCCCCCC/C=C\CCCCCC(=O)OC1C(O)C(O)C(OC2OC(CO)C(O)C(O)C2O)C(OP(=O)(O)OCC(COC(=O)CCCCCCCCCCCCCCCCCC)OC(=O)CCCCCCCCCCCCCCCCCC)C1OC1OC(COC(=O)CCCCCCCCCCCCCCCCCC)C(O)C(O)C1O. The zero-order chi connectivity index (χ0) is 87.5. The van der Waals surface area contributed by atoms with Crippen molar-refractivity contribution < 1.29 is 122 Å². The fourth-order valence-corrected chi connectivity index (χ4v) is 17.2. The molecule has 3 aliphatic rings. The Morgan fingerprint density at radius 2 is 0.625 bits per heavy atom. The Morgan fingerprint density at radius 1 is 0.325 bits per heavy atom. The van der Waals surface area contributed by atoms with Crippen molar-refractivity contribution in [3.63, 3.8) is 0 Å². The van der Waals surface area contributed by atoms with Gasteiger partial charge in [0.05, 0.1) is 13.2 Å². The number of unbranched alkanes of at least 4 members (excludes halogenated alkanes) is 54. The minimum atomic E-state index is -5.81. The largest absolute Gasteiger partial charge is 0.472 e.